The standard InChI is InChI=1S/C15H28N2O2/c1-16(10-13-5-3-4-6-14(13)18)11-15(19)17(2)9-12-7-8-12/h12-14,18H,3-11H2,1-2H3. The van der Waals surface area contributed by atoms with Gasteiger partial charge in [-0.2, -0.15) is 0 Å². The molecule has 2 atom stereocenters. The Labute approximate surface area is 116 Å². The average molecular weight is 268 g/mol. The van der Waals surface area contributed by atoms with Gasteiger partial charge in [0.2, 0.25) is 5.91 Å². The largest absolute Gasteiger partial charge is 0.393 e. The number of carbonyl (C=O) groups excluding carboxylic acids is 1. The molecule has 1 amide bonds. The highest BCUT2D eigenvalue weighted by Crippen LogP contribution is 2.29. The molecule has 2 fully saturated rings. The second kappa shape index (κ2) is 6.71. The Kier molecular flexibility index (Phi) is 5.22. The van der Waals surface area contributed by atoms with Gasteiger partial charge < -0.3 is 10.0 Å². The molecule has 0 radical (unpaired) electrons. The maximum Gasteiger partial charge on any atom is 0.236 e. The summed E-state index contributed by atoms with van der Waals surface area (Å²) in [5.74, 6) is 1.31. The van der Waals surface area contributed by atoms with Gasteiger partial charge in [-0.3, -0.25) is 9.69 Å². The molecule has 0 aromatic rings. The van der Waals surface area contributed by atoms with Crippen molar-refractivity contribution < 1.29 is 9.90 Å². The molecule has 2 unspecified atom stereocenters. The SMILES string of the molecule is CN(CC(=O)N(C)CC1CC1)CC1CCCCC1O. The van der Waals surface area contributed by atoms with Crippen molar-refractivity contribution >= 4 is 5.91 Å². The first-order valence-corrected chi connectivity index (χ1v) is 7.67. The maximum atomic E-state index is 12.1. The summed E-state index contributed by atoms with van der Waals surface area (Å²) in [5.41, 5.74) is 0. The summed E-state index contributed by atoms with van der Waals surface area (Å²) >= 11 is 0. The molecule has 2 aliphatic carbocycles. The van der Waals surface area contributed by atoms with Crippen LogP contribution < -0.4 is 0 Å². The van der Waals surface area contributed by atoms with Gasteiger partial charge >= 0.3 is 0 Å². The summed E-state index contributed by atoms with van der Waals surface area (Å²) in [5, 5.41) is 9.97. The van der Waals surface area contributed by atoms with Gasteiger partial charge in [-0.1, -0.05) is 12.8 Å². The molecule has 0 spiro atoms. The van der Waals surface area contributed by atoms with E-state index >= 15 is 0 Å². The smallest absolute Gasteiger partial charge is 0.236 e. The molecule has 0 heterocycles. The van der Waals surface area contributed by atoms with Crippen LogP contribution in [0.15, 0.2) is 0 Å². The lowest BCUT2D eigenvalue weighted by Crippen LogP contribution is -2.41. The Balaban J connectivity index is 1.69. The molecule has 4 nitrogen and oxygen atoms in total. The Morgan fingerprint density at radius 2 is 1.79 bits per heavy atom. The van der Waals surface area contributed by atoms with E-state index in [1.807, 2.05) is 19.0 Å². The van der Waals surface area contributed by atoms with E-state index in [0.717, 1.165) is 38.3 Å². The molecule has 0 aromatic carbocycles. The number of hydrogen-bond acceptors (Lipinski definition) is 3. The van der Waals surface area contributed by atoms with Gasteiger partial charge in [0.25, 0.3) is 0 Å². The van der Waals surface area contributed by atoms with Crippen molar-refractivity contribution in [2.24, 2.45) is 11.8 Å². The summed E-state index contributed by atoms with van der Waals surface area (Å²) in [6.07, 6.45) is 6.76. The van der Waals surface area contributed by atoms with Crippen LogP contribution in [-0.4, -0.2) is 60.6 Å². The molecule has 0 aromatic heterocycles. The van der Waals surface area contributed by atoms with E-state index in [9.17, 15) is 9.90 Å². The Morgan fingerprint density at radius 3 is 2.42 bits per heavy atom. The normalized spacial score (nSPS) is 27.6. The van der Waals surface area contributed by atoms with E-state index < -0.39 is 0 Å². The topological polar surface area (TPSA) is 43.8 Å². The molecule has 1 N–H and O–H groups in total. The Morgan fingerprint density at radius 1 is 1.11 bits per heavy atom. The Bertz CT molecular complexity index is 305. The van der Waals surface area contributed by atoms with Crippen molar-refractivity contribution in [1.82, 2.24) is 9.80 Å². The van der Waals surface area contributed by atoms with E-state index in [1.165, 1.54) is 19.3 Å². The van der Waals surface area contributed by atoms with Crippen molar-refractivity contribution in [2.75, 3.05) is 33.7 Å². The van der Waals surface area contributed by atoms with Crippen molar-refractivity contribution in [3.8, 4) is 0 Å². The first kappa shape index (κ1) is 14.8. The Hall–Kier alpha value is -0.610. The van der Waals surface area contributed by atoms with Gasteiger partial charge in [-0.05, 0) is 44.6 Å². The molecule has 2 aliphatic rings. The van der Waals surface area contributed by atoms with Crippen molar-refractivity contribution in [3.63, 3.8) is 0 Å². The van der Waals surface area contributed by atoms with Crippen LogP contribution in [0.3, 0.4) is 0 Å². The number of hydrogen-bond donors (Lipinski definition) is 1. The van der Waals surface area contributed by atoms with E-state index in [4.69, 9.17) is 0 Å². The number of likely N-dealkylation sites (N-methyl/N-ethyl adjacent to an activating group) is 2. The quantitative estimate of drug-likeness (QED) is 0.790. The average Bonchev–Trinajstić information content (AvgIpc) is 3.16. The second-order valence-electron chi connectivity index (χ2n) is 6.53. The number of carbonyl (C=O) groups is 1. The molecule has 0 bridgehead atoms. The minimum absolute atomic E-state index is 0.171. The van der Waals surface area contributed by atoms with Crippen LogP contribution in [0.4, 0.5) is 0 Å². The van der Waals surface area contributed by atoms with Crippen LogP contribution >= 0.6 is 0 Å². The van der Waals surface area contributed by atoms with Gasteiger partial charge in [0.15, 0.2) is 0 Å². The maximum absolute atomic E-state index is 12.1. The lowest BCUT2D eigenvalue weighted by molar-refractivity contribution is -0.131. The summed E-state index contributed by atoms with van der Waals surface area (Å²) in [7, 11) is 3.90. The minimum atomic E-state index is -0.171. The summed E-state index contributed by atoms with van der Waals surface area (Å²) < 4.78 is 0. The second-order valence-corrected chi connectivity index (χ2v) is 6.53. The van der Waals surface area contributed by atoms with Crippen LogP contribution in [0, 0.1) is 11.8 Å². The summed E-state index contributed by atoms with van der Waals surface area (Å²) in [4.78, 5) is 16.0. The van der Waals surface area contributed by atoms with E-state index in [1.54, 1.807) is 0 Å². The van der Waals surface area contributed by atoms with Crippen molar-refractivity contribution in [2.45, 2.75) is 44.6 Å². The fourth-order valence-corrected chi connectivity index (χ4v) is 3.01. The third-order valence-electron chi connectivity index (χ3n) is 4.48. The molecule has 19 heavy (non-hydrogen) atoms. The zero-order chi connectivity index (χ0) is 13.8. The molecule has 2 saturated carbocycles. The monoisotopic (exact) mass is 268 g/mol. The third kappa shape index (κ3) is 4.77. The predicted molar refractivity (Wildman–Crippen MR) is 75.8 cm³/mol. The molecule has 0 saturated heterocycles. The number of rotatable bonds is 6. The van der Waals surface area contributed by atoms with E-state index in [2.05, 4.69) is 4.90 Å². The fraction of sp³-hybridized carbons (Fsp3) is 0.933. The van der Waals surface area contributed by atoms with Crippen LogP contribution in [0.25, 0.3) is 0 Å². The summed E-state index contributed by atoms with van der Waals surface area (Å²) in [6.45, 7) is 2.23. The predicted octanol–water partition coefficient (Wildman–Crippen LogP) is 1.34. The molecular weight excluding hydrogens is 240 g/mol. The van der Waals surface area contributed by atoms with Gasteiger partial charge in [-0.15, -0.1) is 0 Å². The first-order valence-electron chi connectivity index (χ1n) is 7.67. The van der Waals surface area contributed by atoms with Gasteiger partial charge in [-0.25, -0.2) is 0 Å². The fourth-order valence-electron chi connectivity index (χ4n) is 3.01. The third-order valence-corrected chi connectivity index (χ3v) is 4.48. The molecule has 4 heteroatoms. The number of aliphatic hydroxyl groups excluding tert-OH is 1. The zero-order valence-electron chi connectivity index (χ0n) is 12.3. The number of nitrogens with zero attached hydrogens (tertiary/aromatic N) is 2. The van der Waals surface area contributed by atoms with Gasteiger partial charge in [0.1, 0.15) is 0 Å². The van der Waals surface area contributed by atoms with Crippen LogP contribution in [-0.2, 0) is 4.79 Å². The molecule has 110 valence electrons. The van der Waals surface area contributed by atoms with Crippen LogP contribution in [0.5, 0.6) is 0 Å². The highest BCUT2D eigenvalue weighted by atomic mass is 16.3. The van der Waals surface area contributed by atoms with E-state index in [-0.39, 0.29) is 12.0 Å². The van der Waals surface area contributed by atoms with Crippen LogP contribution in [0.1, 0.15) is 38.5 Å². The number of amides is 1. The lowest BCUT2D eigenvalue weighted by Gasteiger charge is -2.31. The zero-order valence-corrected chi connectivity index (χ0v) is 12.3. The molecular formula is C15H28N2O2. The molecule has 2 rings (SSSR count). The van der Waals surface area contributed by atoms with Gasteiger partial charge in [0.05, 0.1) is 12.6 Å². The first-order chi connectivity index (χ1) is 9.06. The highest BCUT2D eigenvalue weighted by Gasteiger charge is 2.27. The minimum Gasteiger partial charge on any atom is -0.393 e. The van der Waals surface area contributed by atoms with Gasteiger partial charge in [0, 0.05) is 20.1 Å². The molecule has 0 aliphatic heterocycles. The lowest BCUT2D eigenvalue weighted by atomic mass is 9.86. The van der Waals surface area contributed by atoms with Crippen molar-refractivity contribution in [3.05, 3.63) is 0 Å². The highest BCUT2D eigenvalue weighted by molar-refractivity contribution is 5.78. The number of aliphatic hydroxyl groups is 1. The summed E-state index contributed by atoms with van der Waals surface area (Å²) in [6, 6.07) is 0. The van der Waals surface area contributed by atoms with E-state index in [0.29, 0.717) is 12.5 Å². The van der Waals surface area contributed by atoms with Crippen LogP contribution in [0.2, 0.25) is 0 Å². The van der Waals surface area contributed by atoms with Crippen molar-refractivity contribution in [1.29, 1.82) is 0 Å².